The lowest BCUT2D eigenvalue weighted by molar-refractivity contribution is 0.239. The summed E-state index contributed by atoms with van der Waals surface area (Å²) in [4.78, 5) is 12.8. The Morgan fingerprint density at radius 1 is 0.912 bits per heavy atom. The first-order valence-corrected chi connectivity index (χ1v) is 10.7. The van der Waals surface area contributed by atoms with Gasteiger partial charge in [0.2, 0.25) is 0 Å². The van der Waals surface area contributed by atoms with E-state index in [0.717, 1.165) is 21.9 Å². The van der Waals surface area contributed by atoms with Crippen molar-refractivity contribution in [3.8, 4) is 17.2 Å². The van der Waals surface area contributed by atoms with Crippen LogP contribution < -0.4 is 20.2 Å². The van der Waals surface area contributed by atoms with Crippen molar-refractivity contribution in [3.05, 3.63) is 102 Å². The molecule has 7 nitrogen and oxygen atoms in total. The minimum Gasteiger partial charge on any atom is -0.508 e. The summed E-state index contributed by atoms with van der Waals surface area (Å²) in [5, 5.41) is 19.6. The maximum atomic E-state index is 12.8. The summed E-state index contributed by atoms with van der Waals surface area (Å²) in [5.74, 6) is 1.41. The van der Waals surface area contributed by atoms with Crippen LogP contribution in [0.3, 0.4) is 0 Å². The fourth-order valence-corrected chi connectivity index (χ4v) is 3.78. The first-order chi connectivity index (χ1) is 16.6. The maximum Gasteiger partial charge on any atom is 0.335 e. The monoisotopic (exact) mass is 455 g/mol. The molecule has 3 N–H and O–H groups in total. The standard InChI is InChI=1S/C27H25N3O4/c1-33-21-10-5-7-18(15-21)17-28-30-27(32)29-26(20-9-6-11-22(16-20)34-2)25-23-12-4-3-8-19(23)13-14-24(25)31/h3-17,26,31H,1-2H3,(H2,29,30,32)/b28-17+. The molecule has 4 aromatic rings. The zero-order valence-electron chi connectivity index (χ0n) is 18.9. The van der Waals surface area contributed by atoms with Crippen LogP contribution in [0, 0.1) is 0 Å². The highest BCUT2D eigenvalue weighted by Crippen LogP contribution is 2.36. The summed E-state index contributed by atoms with van der Waals surface area (Å²) in [7, 11) is 3.17. The molecule has 0 fully saturated rings. The van der Waals surface area contributed by atoms with Crippen molar-refractivity contribution < 1.29 is 19.4 Å². The molecule has 1 unspecified atom stereocenters. The second-order valence-corrected chi connectivity index (χ2v) is 7.55. The van der Waals surface area contributed by atoms with E-state index in [1.807, 2.05) is 72.8 Å². The average molecular weight is 456 g/mol. The van der Waals surface area contributed by atoms with Crippen molar-refractivity contribution in [1.29, 1.82) is 0 Å². The molecule has 0 aliphatic carbocycles. The Labute approximate surface area is 197 Å². The fourth-order valence-electron chi connectivity index (χ4n) is 3.78. The van der Waals surface area contributed by atoms with Crippen LogP contribution in [-0.2, 0) is 0 Å². The minimum absolute atomic E-state index is 0.0756. The van der Waals surface area contributed by atoms with Crippen LogP contribution in [-0.4, -0.2) is 31.6 Å². The quantitative estimate of drug-likeness (QED) is 0.271. The van der Waals surface area contributed by atoms with E-state index in [0.29, 0.717) is 17.1 Å². The number of rotatable bonds is 7. The number of carbonyl (C=O) groups excluding carboxylic acids is 1. The first kappa shape index (κ1) is 22.7. The van der Waals surface area contributed by atoms with Gasteiger partial charge in [-0.25, -0.2) is 10.2 Å². The normalized spacial score (nSPS) is 11.8. The van der Waals surface area contributed by atoms with Gasteiger partial charge in [0.25, 0.3) is 0 Å². The van der Waals surface area contributed by atoms with Gasteiger partial charge in [0.1, 0.15) is 17.2 Å². The van der Waals surface area contributed by atoms with Gasteiger partial charge in [0, 0.05) is 5.56 Å². The van der Waals surface area contributed by atoms with Crippen LogP contribution in [0.25, 0.3) is 10.8 Å². The van der Waals surface area contributed by atoms with E-state index in [4.69, 9.17) is 9.47 Å². The van der Waals surface area contributed by atoms with Crippen molar-refractivity contribution >= 4 is 23.0 Å². The smallest absolute Gasteiger partial charge is 0.335 e. The highest BCUT2D eigenvalue weighted by atomic mass is 16.5. The predicted octanol–water partition coefficient (Wildman–Crippen LogP) is 4.99. The SMILES string of the molecule is COc1cccc(/C=N/NC(=O)NC(c2cccc(OC)c2)c2c(O)ccc3ccccc23)c1. The summed E-state index contributed by atoms with van der Waals surface area (Å²) >= 11 is 0. The zero-order chi connectivity index (χ0) is 23.9. The number of urea groups is 1. The van der Waals surface area contributed by atoms with Gasteiger partial charge < -0.3 is 19.9 Å². The Morgan fingerprint density at radius 3 is 2.44 bits per heavy atom. The summed E-state index contributed by atoms with van der Waals surface area (Å²) in [6.07, 6.45) is 1.53. The molecule has 0 saturated heterocycles. The van der Waals surface area contributed by atoms with Crippen molar-refractivity contribution in [2.75, 3.05) is 14.2 Å². The molecular formula is C27H25N3O4. The molecule has 0 aliphatic heterocycles. The molecule has 7 heteroatoms. The van der Waals surface area contributed by atoms with E-state index in [1.165, 1.54) is 6.21 Å². The van der Waals surface area contributed by atoms with Crippen LogP contribution in [0.5, 0.6) is 17.2 Å². The zero-order valence-corrected chi connectivity index (χ0v) is 18.9. The fraction of sp³-hybridized carbons (Fsp3) is 0.111. The number of nitrogens with zero attached hydrogens (tertiary/aromatic N) is 1. The number of phenolic OH excluding ortho intramolecular Hbond substituents is 1. The summed E-state index contributed by atoms with van der Waals surface area (Å²) in [5.41, 5.74) is 4.60. The van der Waals surface area contributed by atoms with E-state index in [1.54, 1.807) is 26.4 Å². The van der Waals surface area contributed by atoms with Gasteiger partial charge in [-0.3, -0.25) is 0 Å². The molecule has 0 bridgehead atoms. The molecule has 172 valence electrons. The lowest BCUT2D eigenvalue weighted by atomic mass is 9.92. The second-order valence-electron chi connectivity index (χ2n) is 7.55. The van der Waals surface area contributed by atoms with Crippen LogP contribution >= 0.6 is 0 Å². The molecule has 0 radical (unpaired) electrons. The number of fused-ring (bicyclic) bond motifs is 1. The van der Waals surface area contributed by atoms with Gasteiger partial charge in [-0.1, -0.05) is 54.6 Å². The molecule has 34 heavy (non-hydrogen) atoms. The van der Waals surface area contributed by atoms with Crippen molar-refractivity contribution in [2.24, 2.45) is 5.10 Å². The molecular weight excluding hydrogens is 430 g/mol. The number of aromatic hydroxyl groups is 1. The minimum atomic E-state index is -0.659. The Bertz CT molecular complexity index is 1340. The van der Waals surface area contributed by atoms with Crippen molar-refractivity contribution in [2.45, 2.75) is 6.04 Å². The van der Waals surface area contributed by atoms with E-state index < -0.39 is 12.1 Å². The molecule has 0 heterocycles. The number of hydrogen-bond donors (Lipinski definition) is 3. The lowest BCUT2D eigenvalue weighted by Crippen LogP contribution is -2.36. The number of carbonyl (C=O) groups is 1. The molecule has 4 aromatic carbocycles. The molecule has 2 amide bonds. The van der Waals surface area contributed by atoms with Gasteiger partial charge >= 0.3 is 6.03 Å². The third-order valence-corrected chi connectivity index (χ3v) is 5.41. The number of methoxy groups -OCH3 is 2. The Hall–Kier alpha value is -4.52. The van der Waals surface area contributed by atoms with Crippen LogP contribution in [0.15, 0.2) is 90.0 Å². The van der Waals surface area contributed by atoms with Crippen LogP contribution in [0.4, 0.5) is 4.79 Å². The third-order valence-electron chi connectivity index (χ3n) is 5.41. The number of ether oxygens (including phenoxy) is 2. The van der Waals surface area contributed by atoms with E-state index in [-0.39, 0.29) is 5.75 Å². The second kappa shape index (κ2) is 10.4. The Kier molecular flexibility index (Phi) is 6.93. The highest BCUT2D eigenvalue weighted by Gasteiger charge is 2.23. The van der Waals surface area contributed by atoms with Crippen molar-refractivity contribution in [3.63, 3.8) is 0 Å². The largest absolute Gasteiger partial charge is 0.508 e. The topological polar surface area (TPSA) is 92.2 Å². The number of hydrogen-bond acceptors (Lipinski definition) is 5. The van der Waals surface area contributed by atoms with E-state index in [2.05, 4.69) is 15.8 Å². The van der Waals surface area contributed by atoms with Gasteiger partial charge in [0.15, 0.2) is 0 Å². The molecule has 1 atom stereocenters. The summed E-state index contributed by atoms with van der Waals surface area (Å²) < 4.78 is 10.6. The van der Waals surface area contributed by atoms with Crippen LogP contribution in [0.1, 0.15) is 22.7 Å². The molecule has 0 spiro atoms. The number of amides is 2. The van der Waals surface area contributed by atoms with Gasteiger partial charge in [-0.15, -0.1) is 0 Å². The number of nitrogens with one attached hydrogen (secondary N) is 2. The number of phenols is 1. The Morgan fingerprint density at radius 2 is 1.65 bits per heavy atom. The predicted molar refractivity (Wildman–Crippen MR) is 133 cm³/mol. The third kappa shape index (κ3) is 5.10. The molecule has 4 rings (SSSR count). The first-order valence-electron chi connectivity index (χ1n) is 10.7. The molecule has 0 aromatic heterocycles. The van der Waals surface area contributed by atoms with Crippen molar-refractivity contribution in [1.82, 2.24) is 10.7 Å². The van der Waals surface area contributed by atoms with E-state index >= 15 is 0 Å². The van der Waals surface area contributed by atoms with Gasteiger partial charge in [0.05, 0.1) is 26.5 Å². The van der Waals surface area contributed by atoms with Crippen LogP contribution in [0.2, 0.25) is 0 Å². The molecule has 0 aliphatic rings. The summed E-state index contributed by atoms with van der Waals surface area (Å²) in [6.45, 7) is 0. The van der Waals surface area contributed by atoms with Gasteiger partial charge in [-0.05, 0) is 52.2 Å². The maximum absolute atomic E-state index is 12.8. The summed E-state index contributed by atoms with van der Waals surface area (Å²) in [6, 6.07) is 24.6. The Balaban J connectivity index is 1.65. The lowest BCUT2D eigenvalue weighted by Gasteiger charge is -2.22. The van der Waals surface area contributed by atoms with E-state index in [9.17, 15) is 9.90 Å². The molecule has 0 saturated carbocycles. The van der Waals surface area contributed by atoms with Gasteiger partial charge in [-0.2, -0.15) is 5.10 Å². The number of hydrazone groups is 1. The number of benzene rings is 4. The average Bonchev–Trinajstić information content (AvgIpc) is 2.88. The highest BCUT2D eigenvalue weighted by molar-refractivity contribution is 5.89.